The molecule has 20 heavy (non-hydrogen) atoms. The molecule has 1 aromatic rings. The second-order valence-electron chi connectivity index (χ2n) is 4.51. The van der Waals surface area contributed by atoms with Gasteiger partial charge in [-0.2, -0.15) is 0 Å². The van der Waals surface area contributed by atoms with Crippen molar-refractivity contribution in [1.29, 1.82) is 0 Å². The summed E-state index contributed by atoms with van der Waals surface area (Å²) in [6, 6.07) is 0. The van der Waals surface area contributed by atoms with E-state index in [2.05, 4.69) is 5.32 Å². The number of ketones is 1. The molecule has 108 valence electrons. The molecular formula is C14H17NO4S. The van der Waals surface area contributed by atoms with Gasteiger partial charge in [0.25, 0.3) is 0 Å². The molecule has 0 radical (unpaired) electrons. The first-order valence-corrected chi connectivity index (χ1v) is 7.55. The normalized spacial score (nSPS) is 13.8. The topological polar surface area (TPSA) is 72.5 Å². The van der Waals surface area contributed by atoms with Crippen molar-refractivity contribution in [3.63, 3.8) is 0 Å². The van der Waals surface area contributed by atoms with Gasteiger partial charge in [-0.1, -0.05) is 6.92 Å². The molecule has 0 unspecified atom stereocenters. The molecule has 1 N–H and O–H groups in total. The van der Waals surface area contributed by atoms with Crippen LogP contribution in [0.4, 0.5) is 5.69 Å². The number of nitrogens with one attached hydrogen (secondary N) is 1. The SMILES string of the molecule is CCOC(=O)c1sc2c(c1NC(=O)CC)CCCC2=O. The number of anilines is 1. The summed E-state index contributed by atoms with van der Waals surface area (Å²) in [4.78, 5) is 36.5. The van der Waals surface area contributed by atoms with E-state index < -0.39 is 5.97 Å². The Labute approximate surface area is 121 Å². The van der Waals surface area contributed by atoms with Gasteiger partial charge in [-0.25, -0.2) is 4.79 Å². The number of hydrogen-bond donors (Lipinski definition) is 1. The van der Waals surface area contributed by atoms with Gasteiger partial charge >= 0.3 is 5.97 Å². The Morgan fingerprint density at radius 2 is 2.05 bits per heavy atom. The highest BCUT2D eigenvalue weighted by molar-refractivity contribution is 7.16. The number of carbonyl (C=O) groups excluding carboxylic acids is 3. The van der Waals surface area contributed by atoms with Crippen LogP contribution in [0, 0.1) is 0 Å². The van der Waals surface area contributed by atoms with Crippen LogP contribution in [0.1, 0.15) is 58.0 Å². The van der Waals surface area contributed by atoms with Gasteiger partial charge in [0, 0.05) is 12.8 Å². The summed E-state index contributed by atoms with van der Waals surface area (Å²) in [5.41, 5.74) is 1.26. The van der Waals surface area contributed by atoms with E-state index in [1.807, 2.05) is 0 Å². The molecule has 0 aliphatic heterocycles. The molecule has 0 atom stereocenters. The van der Waals surface area contributed by atoms with Gasteiger partial charge in [-0.05, 0) is 25.3 Å². The van der Waals surface area contributed by atoms with Crippen molar-refractivity contribution in [2.45, 2.75) is 39.5 Å². The van der Waals surface area contributed by atoms with Gasteiger partial charge in [0.2, 0.25) is 5.91 Å². The molecule has 1 heterocycles. The van der Waals surface area contributed by atoms with Gasteiger partial charge in [-0.3, -0.25) is 9.59 Å². The zero-order valence-corrected chi connectivity index (χ0v) is 12.4. The molecule has 6 heteroatoms. The predicted octanol–water partition coefficient (Wildman–Crippen LogP) is 2.79. The van der Waals surface area contributed by atoms with Gasteiger partial charge in [0.1, 0.15) is 4.88 Å². The van der Waals surface area contributed by atoms with Crippen molar-refractivity contribution in [2.75, 3.05) is 11.9 Å². The van der Waals surface area contributed by atoms with Gasteiger partial charge in [-0.15, -0.1) is 11.3 Å². The van der Waals surface area contributed by atoms with Crippen molar-refractivity contribution >= 4 is 34.7 Å². The lowest BCUT2D eigenvalue weighted by molar-refractivity contribution is -0.115. The molecule has 0 bridgehead atoms. The lowest BCUT2D eigenvalue weighted by atomic mass is 9.96. The summed E-state index contributed by atoms with van der Waals surface area (Å²) in [7, 11) is 0. The monoisotopic (exact) mass is 295 g/mol. The molecule has 1 aliphatic carbocycles. The summed E-state index contributed by atoms with van der Waals surface area (Å²) < 4.78 is 5.01. The second kappa shape index (κ2) is 6.17. The summed E-state index contributed by atoms with van der Waals surface area (Å²) >= 11 is 1.13. The Morgan fingerprint density at radius 1 is 1.30 bits per heavy atom. The van der Waals surface area contributed by atoms with Crippen LogP contribution in [0.25, 0.3) is 0 Å². The van der Waals surface area contributed by atoms with E-state index in [0.717, 1.165) is 23.3 Å². The molecular weight excluding hydrogens is 278 g/mol. The summed E-state index contributed by atoms with van der Waals surface area (Å²) in [5.74, 6) is -0.612. The molecule has 0 fully saturated rings. The highest BCUT2D eigenvalue weighted by Crippen LogP contribution is 2.38. The van der Waals surface area contributed by atoms with Crippen LogP contribution >= 0.6 is 11.3 Å². The van der Waals surface area contributed by atoms with Crippen LogP contribution in [0.3, 0.4) is 0 Å². The maximum atomic E-state index is 12.0. The quantitative estimate of drug-likeness (QED) is 0.867. The Kier molecular flexibility index (Phi) is 4.54. The van der Waals surface area contributed by atoms with E-state index in [-0.39, 0.29) is 18.3 Å². The fourth-order valence-electron chi connectivity index (χ4n) is 2.17. The third-order valence-corrected chi connectivity index (χ3v) is 4.39. The molecule has 0 saturated carbocycles. The van der Waals surface area contributed by atoms with Crippen molar-refractivity contribution in [3.05, 3.63) is 15.3 Å². The number of fused-ring (bicyclic) bond motifs is 1. The second-order valence-corrected chi connectivity index (χ2v) is 5.53. The first kappa shape index (κ1) is 14.7. The Balaban J connectivity index is 2.46. The molecule has 5 nitrogen and oxygen atoms in total. The van der Waals surface area contributed by atoms with Crippen molar-refractivity contribution in [2.24, 2.45) is 0 Å². The maximum Gasteiger partial charge on any atom is 0.350 e. The predicted molar refractivity (Wildman–Crippen MR) is 76.5 cm³/mol. The lowest BCUT2D eigenvalue weighted by Gasteiger charge is -2.12. The van der Waals surface area contributed by atoms with E-state index in [1.54, 1.807) is 13.8 Å². The summed E-state index contributed by atoms with van der Waals surface area (Å²) in [6.45, 7) is 3.72. The van der Waals surface area contributed by atoms with Crippen LogP contribution in [-0.2, 0) is 16.0 Å². The van der Waals surface area contributed by atoms with E-state index >= 15 is 0 Å². The molecule has 1 aromatic heterocycles. The van der Waals surface area contributed by atoms with Gasteiger partial charge in [0.15, 0.2) is 5.78 Å². The zero-order chi connectivity index (χ0) is 14.7. The number of amides is 1. The number of Topliss-reactive ketones (excluding diaryl/α,β-unsaturated/α-hetero) is 1. The van der Waals surface area contributed by atoms with E-state index in [9.17, 15) is 14.4 Å². The van der Waals surface area contributed by atoms with Crippen LogP contribution in [-0.4, -0.2) is 24.3 Å². The largest absolute Gasteiger partial charge is 0.462 e. The van der Waals surface area contributed by atoms with Crippen LogP contribution in [0.5, 0.6) is 0 Å². The van der Waals surface area contributed by atoms with Gasteiger partial charge in [0.05, 0.1) is 17.2 Å². The Hall–Kier alpha value is -1.69. The molecule has 1 aliphatic rings. The minimum absolute atomic E-state index is 0.0406. The van der Waals surface area contributed by atoms with E-state index in [0.29, 0.717) is 34.7 Å². The highest BCUT2D eigenvalue weighted by Gasteiger charge is 2.29. The van der Waals surface area contributed by atoms with Crippen LogP contribution < -0.4 is 5.32 Å². The Morgan fingerprint density at radius 3 is 2.70 bits per heavy atom. The lowest BCUT2D eigenvalue weighted by Crippen LogP contribution is -2.15. The smallest absolute Gasteiger partial charge is 0.350 e. The van der Waals surface area contributed by atoms with Crippen molar-refractivity contribution < 1.29 is 19.1 Å². The molecule has 1 amide bonds. The molecule has 0 aromatic carbocycles. The van der Waals surface area contributed by atoms with Crippen LogP contribution in [0.2, 0.25) is 0 Å². The number of carbonyl (C=O) groups is 3. The average Bonchev–Trinajstić information content (AvgIpc) is 2.79. The molecule has 2 rings (SSSR count). The fourth-order valence-corrected chi connectivity index (χ4v) is 3.33. The van der Waals surface area contributed by atoms with Crippen molar-refractivity contribution in [1.82, 2.24) is 0 Å². The standard InChI is InChI=1S/C14H17NO4S/c1-3-10(17)15-11-8-6-5-7-9(16)12(8)20-13(11)14(18)19-4-2/h3-7H2,1-2H3,(H,15,17). The number of ether oxygens (including phenoxy) is 1. The maximum absolute atomic E-state index is 12.0. The fraction of sp³-hybridized carbons (Fsp3) is 0.500. The minimum Gasteiger partial charge on any atom is -0.462 e. The van der Waals surface area contributed by atoms with E-state index in [4.69, 9.17) is 4.74 Å². The Bertz CT molecular complexity index is 562. The molecule has 0 saturated heterocycles. The molecule has 0 spiro atoms. The zero-order valence-electron chi connectivity index (χ0n) is 11.6. The number of rotatable bonds is 4. The summed E-state index contributed by atoms with van der Waals surface area (Å²) in [6.07, 6.45) is 2.27. The number of hydrogen-bond acceptors (Lipinski definition) is 5. The first-order valence-electron chi connectivity index (χ1n) is 6.74. The number of esters is 1. The summed E-state index contributed by atoms with van der Waals surface area (Å²) in [5, 5.41) is 2.75. The van der Waals surface area contributed by atoms with Gasteiger partial charge < -0.3 is 10.1 Å². The number of thiophene rings is 1. The average molecular weight is 295 g/mol. The van der Waals surface area contributed by atoms with Crippen LogP contribution in [0.15, 0.2) is 0 Å². The minimum atomic E-state index is -0.480. The van der Waals surface area contributed by atoms with Crippen molar-refractivity contribution in [3.8, 4) is 0 Å². The third-order valence-electron chi connectivity index (χ3n) is 3.14. The first-order chi connectivity index (χ1) is 9.58. The third kappa shape index (κ3) is 2.75. The highest BCUT2D eigenvalue weighted by atomic mass is 32.1. The van der Waals surface area contributed by atoms with E-state index in [1.165, 1.54) is 0 Å².